The average molecular weight is 393 g/mol. The molecule has 1 rings (SSSR count). The number of rotatable bonds is 13. The van der Waals surface area contributed by atoms with Gasteiger partial charge in [0, 0.05) is 18.3 Å². The standard InChI is InChI=1S/C22H36N2O4/c1-5-6-7-8-9-10-13-21(18(2)24-27-4)19(17-23-26-3)15-16-20-12-11-14-22(25)28-20/h9-10,15-17,19-21H,5-8,11-14H2,1-4H3/b10-9-,16-15+,23-17+,24-18+/t19-,20?,21?/m1/s1. The van der Waals surface area contributed by atoms with E-state index in [0.29, 0.717) is 6.42 Å². The monoisotopic (exact) mass is 392 g/mol. The fourth-order valence-corrected chi connectivity index (χ4v) is 3.23. The van der Waals surface area contributed by atoms with E-state index in [4.69, 9.17) is 14.4 Å². The molecule has 0 N–H and O–H groups in total. The van der Waals surface area contributed by atoms with Crippen LogP contribution in [0.3, 0.4) is 0 Å². The van der Waals surface area contributed by atoms with Crippen LogP contribution in [-0.4, -0.2) is 38.2 Å². The highest BCUT2D eigenvalue weighted by Crippen LogP contribution is 2.22. The topological polar surface area (TPSA) is 69.5 Å². The van der Waals surface area contributed by atoms with Crippen molar-refractivity contribution in [1.29, 1.82) is 0 Å². The van der Waals surface area contributed by atoms with Gasteiger partial charge >= 0.3 is 5.97 Å². The third-order valence-electron chi connectivity index (χ3n) is 4.81. The molecule has 1 aliphatic heterocycles. The van der Waals surface area contributed by atoms with Gasteiger partial charge < -0.3 is 14.4 Å². The summed E-state index contributed by atoms with van der Waals surface area (Å²) >= 11 is 0. The van der Waals surface area contributed by atoms with Crippen LogP contribution < -0.4 is 0 Å². The Morgan fingerprint density at radius 2 is 2.11 bits per heavy atom. The summed E-state index contributed by atoms with van der Waals surface area (Å²) in [7, 11) is 3.08. The van der Waals surface area contributed by atoms with Crippen LogP contribution >= 0.6 is 0 Å². The molecule has 0 bridgehead atoms. The van der Waals surface area contributed by atoms with E-state index in [1.165, 1.54) is 26.4 Å². The lowest BCUT2D eigenvalue weighted by Crippen LogP contribution is -2.24. The van der Waals surface area contributed by atoms with Gasteiger partial charge in [0.2, 0.25) is 0 Å². The van der Waals surface area contributed by atoms with Gasteiger partial charge in [0.15, 0.2) is 0 Å². The molecule has 1 saturated heterocycles. The molecule has 1 aliphatic rings. The van der Waals surface area contributed by atoms with Gasteiger partial charge in [0.25, 0.3) is 0 Å². The molecule has 6 nitrogen and oxygen atoms in total. The Hall–Kier alpha value is -2.11. The summed E-state index contributed by atoms with van der Waals surface area (Å²) in [5.41, 5.74) is 0.888. The molecule has 28 heavy (non-hydrogen) atoms. The Balaban J connectivity index is 2.88. The zero-order chi connectivity index (χ0) is 20.6. The second-order valence-corrected chi connectivity index (χ2v) is 7.04. The molecule has 158 valence electrons. The van der Waals surface area contributed by atoms with Crippen molar-refractivity contribution in [2.24, 2.45) is 22.1 Å². The second kappa shape index (κ2) is 14.9. The number of esters is 1. The molecule has 6 heteroatoms. The van der Waals surface area contributed by atoms with Crippen LogP contribution in [0.4, 0.5) is 0 Å². The number of unbranched alkanes of at least 4 members (excludes halogenated alkanes) is 3. The molecule has 0 amide bonds. The number of nitrogens with zero attached hydrogens (tertiary/aromatic N) is 2. The summed E-state index contributed by atoms with van der Waals surface area (Å²) in [6.07, 6.45) is 17.8. The van der Waals surface area contributed by atoms with Gasteiger partial charge in [-0.2, -0.15) is 0 Å². The molecule has 0 aliphatic carbocycles. The fraction of sp³-hybridized carbons (Fsp3) is 0.682. The predicted molar refractivity (Wildman–Crippen MR) is 113 cm³/mol. The summed E-state index contributed by atoms with van der Waals surface area (Å²) in [4.78, 5) is 21.4. The molecular formula is C22H36N2O4. The minimum atomic E-state index is -0.176. The number of carbonyl (C=O) groups excluding carboxylic acids is 1. The molecule has 0 aromatic carbocycles. The lowest BCUT2D eigenvalue weighted by atomic mass is 9.85. The number of hydrogen-bond donors (Lipinski definition) is 0. The first-order valence-electron chi connectivity index (χ1n) is 10.3. The normalized spacial score (nSPS) is 20.6. The summed E-state index contributed by atoms with van der Waals surface area (Å²) < 4.78 is 5.39. The van der Waals surface area contributed by atoms with Crippen LogP contribution in [0.1, 0.15) is 65.2 Å². The number of cyclic esters (lactones) is 1. The Labute approximate surface area is 169 Å². The van der Waals surface area contributed by atoms with Crippen molar-refractivity contribution in [3.63, 3.8) is 0 Å². The van der Waals surface area contributed by atoms with E-state index in [1.54, 1.807) is 13.3 Å². The molecule has 0 saturated carbocycles. The number of carbonyl (C=O) groups is 1. The lowest BCUT2D eigenvalue weighted by Gasteiger charge is -2.22. The number of hydrogen-bond acceptors (Lipinski definition) is 6. The van der Waals surface area contributed by atoms with Crippen LogP contribution in [0, 0.1) is 11.8 Å². The largest absolute Gasteiger partial charge is 0.458 e. The first-order chi connectivity index (χ1) is 13.6. The van der Waals surface area contributed by atoms with Gasteiger partial charge in [-0.25, -0.2) is 0 Å². The van der Waals surface area contributed by atoms with Crippen LogP contribution in [0.5, 0.6) is 0 Å². The SMILES string of the molecule is CCCCC/C=C\CC(/C(C)=N/OC)[C@H](/C=C/C1CCCC(=O)O1)/C=N/OC. The van der Waals surface area contributed by atoms with Gasteiger partial charge in [0.05, 0.1) is 11.9 Å². The van der Waals surface area contributed by atoms with Crippen molar-refractivity contribution >= 4 is 17.9 Å². The van der Waals surface area contributed by atoms with Crippen LogP contribution in [0.2, 0.25) is 0 Å². The van der Waals surface area contributed by atoms with Crippen LogP contribution in [0.25, 0.3) is 0 Å². The van der Waals surface area contributed by atoms with E-state index >= 15 is 0 Å². The van der Waals surface area contributed by atoms with E-state index in [1.807, 2.05) is 19.1 Å². The summed E-state index contributed by atoms with van der Waals surface area (Å²) in [6.45, 7) is 4.17. The van der Waals surface area contributed by atoms with Crippen molar-refractivity contribution in [3.05, 3.63) is 24.3 Å². The van der Waals surface area contributed by atoms with E-state index in [2.05, 4.69) is 29.4 Å². The lowest BCUT2D eigenvalue weighted by molar-refractivity contribution is -0.150. The second-order valence-electron chi connectivity index (χ2n) is 7.04. The first kappa shape index (κ1) is 23.9. The smallest absolute Gasteiger partial charge is 0.306 e. The molecule has 0 spiro atoms. The van der Waals surface area contributed by atoms with Crippen LogP contribution in [-0.2, 0) is 19.2 Å². The van der Waals surface area contributed by atoms with E-state index in [9.17, 15) is 4.79 Å². The van der Waals surface area contributed by atoms with Crippen molar-refractivity contribution in [2.45, 2.75) is 71.3 Å². The molecule has 0 aromatic heterocycles. The third-order valence-corrected chi connectivity index (χ3v) is 4.81. The van der Waals surface area contributed by atoms with Crippen molar-refractivity contribution in [2.75, 3.05) is 14.2 Å². The highest BCUT2D eigenvalue weighted by atomic mass is 16.6. The summed E-state index contributed by atoms with van der Waals surface area (Å²) in [6, 6.07) is 0. The van der Waals surface area contributed by atoms with E-state index in [0.717, 1.165) is 31.4 Å². The van der Waals surface area contributed by atoms with E-state index < -0.39 is 0 Å². The number of oxime groups is 2. The first-order valence-corrected chi connectivity index (χ1v) is 10.3. The van der Waals surface area contributed by atoms with Crippen molar-refractivity contribution in [3.8, 4) is 0 Å². The maximum Gasteiger partial charge on any atom is 0.306 e. The molecule has 0 aromatic rings. The molecule has 0 radical (unpaired) electrons. The molecular weight excluding hydrogens is 356 g/mol. The number of ether oxygens (including phenoxy) is 1. The predicted octanol–water partition coefficient (Wildman–Crippen LogP) is 5.05. The summed E-state index contributed by atoms with van der Waals surface area (Å²) in [5, 5.41) is 8.13. The zero-order valence-corrected chi connectivity index (χ0v) is 17.8. The Kier molecular flexibility index (Phi) is 12.7. The Morgan fingerprint density at radius 1 is 1.29 bits per heavy atom. The van der Waals surface area contributed by atoms with Gasteiger partial charge in [-0.1, -0.05) is 48.3 Å². The zero-order valence-electron chi connectivity index (χ0n) is 17.8. The van der Waals surface area contributed by atoms with Gasteiger partial charge in [-0.3, -0.25) is 4.79 Å². The molecule has 1 heterocycles. The molecule has 1 fully saturated rings. The maximum atomic E-state index is 11.5. The highest BCUT2D eigenvalue weighted by molar-refractivity contribution is 5.87. The Morgan fingerprint density at radius 3 is 2.79 bits per heavy atom. The minimum absolute atomic E-state index is 0.0419. The van der Waals surface area contributed by atoms with Crippen molar-refractivity contribution < 1.29 is 19.2 Å². The quantitative estimate of drug-likeness (QED) is 0.145. The fourth-order valence-electron chi connectivity index (χ4n) is 3.23. The summed E-state index contributed by atoms with van der Waals surface area (Å²) in [5.74, 6) is -0.0942. The highest BCUT2D eigenvalue weighted by Gasteiger charge is 2.23. The van der Waals surface area contributed by atoms with Gasteiger partial charge in [-0.15, -0.1) is 0 Å². The third kappa shape index (κ3) is 9.72. The molecule has 2 unspecified atom stereocenters. The Bertz CT molecular complexity index is 555. The van der Waals surface area contributed by atoms with Gasteiger partial charge in [-0.05, 0) is 45.1 Å². The average Bonchev–Trinajstić information content (AvgIpc) is 2.68. The van der Waals surface area contributed by atoms with Gasteiger partial charge in [0.1, 0.15) is 20.3 Å². The number of allylic oxidation sites excluding steroid dienone is 3. The van der Waals surface area contributed by atoms with Crippen molar-refractivity contribution in [1.82, 2.24) is 0 Å². The maximum absolute atomic E-state index is 11.5. The molecule has 3 atom stereocenters. The van der Waals surface area contributed by atoms with Crippen LogP contribution in [0.15, 0.2) is 34.6 Å². The minimum Gasteiger partial charge on any atom is -0.458 e. The van der Waals surface area contributed by atoms with E-state index in [-0.39, 0.29) is 23.9 Å².